The van der Waals surface area contributed by atoms with E-state index >= 15 is 0 Å². The molecule has 5 heteroatoms. The van der Waals surface area contributed by atoms with E-state index in [1.807, 2.05) is 12.1 Å². The van der Waals surface area contributed by atoms with Gasteiger partial charge in [-0.2, -0.15) is 0 Å². The van der Waals surface area contributed by atoms with Crippen molar-refractivity contribution in [2.75, 3.05) is 0 Å². The van der Waals surface area contributed by atoms with Gasteiger partial charge in [0.25, 0.3) is 0 Å². The number of rotatable bonds is 4. The molecular formula is C14H16Cl2N2S. The van der Waals surface area contributed by atoms with E-state index in [-0.39, 0.29) is 0 Å². The number of benzene rings is 1. The maximum absolute atomic E-state index is 6.19. The Morgan fingerprint density at radius 1 is 1.32 bits per heavy atom. The van der Waals surface area contributed by atoms with Crippen LogP contribution in [0.2, 0.25) is 10.0 Å². The minimum atomic E-state index is 0.393. The third-order valence-corrected chi connectivity index (χ3v) is 4.54. The molecule has 0 aliphatic heterocycles. The molecule has 0 aliphatic rings. The van der Waals surface area contributed by atoms with Gasteiger partial charge in [-0.25, -0.2) is 4.98 Å². The van der Waals surface area contributed by atoms with Crippen LogP contribution in [-0.2, 0) is 13.0 Å². The molecule has 0 fully saturated rings. The lowest BCUT2D eigenvalue weighted by Crippen LogP contribution is -1.99. The summed E-state index contributed by atoms with van der Waals surface area (Å²) >= 11 is 13.8. The standard InChI is InChI=1S/C14H16Cl2N2S/c1-8(2)14-12(7-17)19-13(18-14)5-9-3-4-10(15)6-11(9)16/h3-4,6,8H,5,7,17H2,1-2H3. The lowest BCUT2D eigenvalue weighted by atomic mass is 10.1. The van der Waals surface area contributed by atoms with Crippen molar-refractivity contribution in [1.29, 1.82) is 0 Å². The molecule has 2 rings (SSSR count). The number of nitrogens with two attached hydrogens (primary N) is 1. The fourth-order valence-electron chi connectivity index (χ4n) is 1.91. The van der Waals surface area contributed by atoms with Gasteiger partial charge in [-0.3, -0.25) is 0 Å². The van der Waals surface area contributed by atoms with E-state index in [1.54, 1.807) is 17.4 Å². The van der Waals surface area contributed by atoms with E-state index in [4.69, 9.17) is 28.9 Å². The minimum absolute atomic E-state index is 0.393. The number of nitrogens with zero attached hydrogens (tertiary/aromatic N) is 1. The van der Waals surface area contributed by atoms with Crippen molar-refractivity contribution in [3.8, 4) is 0 Å². The van der Waals surface area contributed by atoms with E-state index in [0.717, 1.165) is 27.6 Å². The highest BCUT2D eigenvalue weighted by Crippen LogP contribution is 2.29. The van der Waals surface area contributed by atoms with Gasteiger partial charge in [0.2, 0.25) is 0 Å². The Hall–Kier alpha value is -0.610. The highest BCUT2D eigenvalue weighted by Gasteiger charge is 2.14. The molecule has 102 valence electrons. The Labute approximate surface area is 127 Å². The normalized spacial score (nSPS) is 11.3. The number of hydrogen-bond donors (Lipinski definition) is 1. The predicted octanol–water partition coefficient (Wildman–Crippen LogP) is 4.62. The van der Waals surface area contributed by atoms with Gasteiger partial charge in [0, 0.05) is 27.9 Å². The summed E-state index contributed by atoms with van der Waals surface area (Å²) in [7, 11) is 0. The van der Waals surface area contributed by atoms with Crippen LogP contribution >= 0.6 is 34.5 Å². The molecule has 1 aromatic heterocycles. The summed E-state index contributed by atoms with van der Waals surface area (Å²) in [6.45, 7) is 4.81. The predicted molar refractivity (Wildman–Crippen MR) is 83.4 cm³/mol. The van der Waals surface area contributed by atoms with Crippen molar-refractivity contribution in [1.82, 2.24) is 4.98 Å². The first-order chi connectivity index (χ1) is 9.01. The highest BCUT2D eigenvalue weighted by atomic mass is 35.5. The van der Waals surface area contributed by atoms with Gasteiger partial charge < -0.3 is 5.73 Å². The molecule has 2 nitrogen and oxygen atoms in total. The number of aromatic nitrogens is 1. The van der Waals surface area contributed by atoms with Crippen molar-refractivity contribution in [2.45, 2.75) is 32.7 Å². The monoisotopic (exact) mass is 314 g/mol. The number of thiazole rings is 1. The van der Waals surface area contributed by atoms with E-state index in [1.165, 1.54) is 0 Å². The summed E-state index contributed by atoms with van der Waals surface area (Å²) in [5.74, 6) is 0.393. The zero-order valence-corrected chi connectivity index (χ0v) is 13.2. The van der Waals surface area contributed by atoms with Crippen LogP contribution in [0.3, 0.4) is 0 Å². The van der Waals surface area contributed by atoms with Crippen molar-refractivity contribution in [2.24, 2.45) is 5.73 Å². The lowest BCUT2D eigenvalue weighted by molar-refractivity contribution is 0.806. The molecule has 1 aromatic carbocycles. The fourth-order valence-corrected chi connectivity index (χ4v) is 3.52. The molecule has 1 heterocycles. The summed E-state index contributed by atoms with van der Waals surface area (Å²) in [5, 5.41) is 2.38. The molecule has 2 N–H and O–H groups in total. The summed E-state index contributed by atoms with van der Waals surface area (Å²) in [6, 6.07) is 5.56. The van der Waals surface area contributed by atoms with E-state index in [9.17, 15) is 0 Å². The summed E-state index contributed by atoms with van der Waals surface area (Å²) < 4.78 is 0. The minimum Gasteiger partial charge on any atom is -0.326 e. The third-order valence-electron chi connectivity index (χ3n) is 2.86. The van der Waals surface area contributed by atoms with Crippen LogP contribution in [0.4, 0.5) is 0 Å². The summed E-state index contributed by atoms with van der Waals surface area (Å²) in [5.41, 5.74) is 7.92. The zero-order valence-electron chi connectivity index (χ0n) is 10.9. The van der Waals surface area contributed by atoms with Gasteiger partial charge in [-0.05, 0) is 23.6 Å². The Balaban J connectivity index is 2.28. The first-order valence-electron chi connectivity index (χ1n) is 6.13. The summed E-state index contributed by atoms with van der Waals surface area (Å²) in [6.07, 6.45) is 0.723. The maximum atomic E-state index is 6.19. The second-order valence-corrected chi connectivity index (χ2v) is 6.70. The van der Waals surface area contributed by atoms with Crippen molar-refractivity contribution >= 4 is 34.5 Å². The quantitative estimate of drug-likeness (QED) is 0.894. The largest absolute Gasteiger partial charge is 0.326 e. The Kier molecular flexibility index (Phi) is 4.85. The first-order valence-corrected chi connectivity index (χ1v) is 7.71. The number of hydrogen-bond acceptors (Lipinski definition) is 3. The van der Waals surface area contributed by atoms with E-state index < -0.39 is 0 Å². The van der Waals surface area contributed by atoms with Crippen LogP contribution in [-0.4, -0.2) is 4.98 Å². The Morgan fingerprint density at radius 3 is 2.58 bits per heavy atom. The number of halogens is 2. The Morgan fingerprint density at radius 2 is 2.05 bits per heavy atom. The second-order valence-electron chi connectivity index (χ2n) is 4.69. The average Bonchev–Trinajstić information content (AvgIpc) is 2.76. The van der Waals surface area contributed by atoms with E-state index in [0.29, 0.717) is 22.5 Å². The highest BCUT2D eigenvalue weighted by molar-refractivity contribution is 7.11. The van der Waals surface area contributed by atoms with Crippen LogP contribution in [0, 0.1) is 0 Å². The molecule has 0 aliphatic carbocycles. The zero-order chi connectivity index (χ0) is 14.0. The molecule has 19 heavy (non-hydrogen) atoms. The fraction of sp³-hybridized carbons (Fsp3) is 0.357. The topological polar surface area (TPSA) is 38.9 Å². The molecule has 0 bridgehead atoms. The Bertz CT molecular complexity index is 579. The van der Waals surface area contributed by atoms with Crippen LogP contribution in [0.15, 0.2) is 18.2 Å². The van der Waals surface area contributed by atoms with Crippen LogP contribution in [0.25, 0.3) is 0 Å². The van der Waals surface area contributed by atoms with Crippen molar-refractivity contribution < 1.29 is 0 Å². The van der Waals surface area contributed by atoms with Crippen LogP contribution in [0.1, 0.15) is 40.9 Å². The molecule has 0 spiro atoms. The van der Waals surface area contributed by atoms with Crippen LogP contribution < -0.4 is 5.73 Å². The third kappa shape index (κ3) is 3.48. The van der Waals surface area contributed by atoms with Gasteiger partial charge in [-0.1, -0.05) is 43.1 Å². The average molecular weight is 315 g/mol. The lowest BCUT2D eigenvalue weighted by Gasteiger charge is -2.03. The van der Waals surface area contributed by atoms with Crippen molar-refractivity contribution in [3.63, 3.8) is 0 Å². The SMILES string of the molecule is CC(C)c1nc(Cc2ccc(Cl)cc2Cl)sc1CN. The smallest absolute Gasteiger partial charge is 0.0976 e. The van der Waals surface area contributed by atoms with Crippen LogP contribution in [0.5, 0.6) is 0 Å². The van der Waals surface area contributed by atoms with Gasteiger partial charge in [0.15, 0.2) is 0 Å². The molecule has 0 atom stereocenters. The van der Waals surface area contributed by atoms with Gasteiger partial charge in [0.1, 0.15) is 0 Å². The van der Waals surface area contributed by atoms with E-state index in [2.05, 4.69) is 18.8 Å². The molecular weight excluding hydrogens is 299 g/mol. The maximum Gasteiger partial charge on any atom is 0.0976 e. The van der Waals surface area contributed by atoms with Gasteiger partial charge in [-0.15, -0.1) is 11.3 Å². The molecule has 0 amide bonds. The molecule has 0 radical (unpaired) electrons. The molecule has 2 aromatic rings. The molecule has 0 saturated heterocycles. The first kappa shape index (κ1) is 14.8. The van der Waals surface area contributed by atoms with Crippen molar-refractivity contribution in [3.05, 3.63) is 49.4 Å². The van der Waals surface area contributed by atoms with Gasteiger partial charge in [0.05, 0.1) is 10.7 Å². The van der Waals surface area contributed by atoms with Gasteiger partial charge >= 0.3 is 0 Å². The molecule has 0 saturated carbocycles. The summed E-state index contributed by atoms with van der Waals surface area (Å²) in [4.78, 5) is 5.85. The second kappa shape index (κ2) is 6.23. The molecule has 0 unspecified atom stereocenters.